The lowest BCUT2D eigenvalue weighted by Crippen LogP contribution is -2.12. The molecule has 0 saturated heterocycles. The summed E-state index contributed by atoms with van der Waals surface area (Å²) in [6, 6.07) is 0. The van der Waals surface area contributed by atoms with Crippen LogP contribution in [0.1, 0.15) is 33.1 Å². The minimum atomic E-state index is 0.162. The number of rotatable bonds is 7. The summed E-state index contributed by atoms with van der Waals surface area (Å²) in [5.74, 6) is 1.73. The van der Waals surface area contributed by atoms with Crippen LogP contribution in [0.2, 0.25) is 0 Å². The highest BCUT2D eigenvalue weighted by Gasteiger charge is 2.06. The number of nitrogens with one attached hydrogen (secondary N) is 1. The molecule has 0 unspecified atom stereocenters. The second-order valence-corrected chi connectivity index (χ2v) is 4.97. The summed E-state index contributed by atoms with van der Waals surface area (Å²) in [5.41, 5.74) is 5.67. The van der Waals surface area contributed by atoms with E-state index >= 15 is 0 Å². The lowest BCUT2D eigenvalue weighted by Gasteiger charge is -2.07. The van der Waals surface area contributed by atoms with Gasteiger partial charge in [-0.3, -0.25) is 0 Å². The van der Waals surface area contributed by atoms with Crippen LogP contribution in [0.5, 0.6) is 0 Å². The SMILES string of the molecule is CC(C)CCCCNc1nc(N)nc(-n2cncn2)n1. The maximum absolute atomic E-state index is 5.67. The van der Waals surface area contributed by atoms with Gasteiger partial charge in [0.25, 0.3) is 5.95 Å². The molecule has 0 atom stereocenters. The van der Waals surface area contributed by atoms with Crippen molar-refractivity contribution in [1.82, 2.24) is 29.7 Å². The summed E-state index contributed by atoms with van der Waals surface area (Å²) < 4.78 is 1.45. The largest absolute Gasteiger partial charge is 0.368 e. The topological polar surface area (TPSA) is 107 Å². The van der Waals surface area contributed by atoms with Gasteiger partial charge in [-0.15, -0.1) is 0 Å². The average molecular weight is 276 g/mol. The number of nitrogens with zero attached hydrogens (tertiary/aromatic N) is 6. The van der Waals surface area contributed by atoms with Gasteiger partial charge in [0.1, 0.15) is 12.7 Å². The van der Waals surface area contributed by atoms with Gasteiger partial charge in [0.2, 0.25) is 11.9 Å². The summed E-state index contributed by atoms with van der Waals surface area (Å²) in [6.45, 7) is 5.27. The number of nitrogens with two attached hydrogens (primary N) is 1. The van der Waals surface area contributed by atoms with E-state index in [1.54, 1.807) is 0 Å². The van der Waals surface area contributed by atoms with Crippen molar-refractivity contribution >= 4 is 11.9 Å². The molecule has 8 nitrogen and oxygen atoms in total. The molecule has 0 amide bonds. The van der Waals surface area contributed by atoms with Crippen molar-refractivity contribution in [1.29, 1.82) is 0 Å². The van der Waals surface area contributed by atoms with Gasteiger partial charge in [0.15, 0.2) is 0 Å². The number of hydrogen-bond acceptors (Lipinski definition) is 7. The molecule has 0 bridgehead atoms. The third-order valence-corrected chi connectivity index (χ3v) is 2.76. The first-order valence-corrected chi connectivity index (χ1v) is 6.75. The zero-order valence-electron chi connectivity index (χ0n) is 11.8. The number of hydrogen-bond donors (Lipinski definition) is 2. The normalized spacial score (nSPS) is 10.9. The first-order valence-electron chi connectivity index (χ1n) is 6.75. The third kappa shape index (κ3) is 4.15. The van der Waals surface area contributed by atoms with E-state index in [9.17, 15) is 0 Å². The highest BCUT2D eigenvalue weighted by atomic mass is 15.4. The average Bonchev–Trinajstić information content (AvgIpc) is 2.91. The predicted molar refractivity (Wildman–Crippen MR) is 76.3 cm³/mol. The molecule has 0 saturated carbocycles. The molecule has 2 aromatic rings. The molecule has 0 aromatic carbocycles. The summed E-state index contributed by atoms with van der Waals surface area (Å²) >= 11 is 0. The van der Waals surface area contributed by atoms with Crippen LogP contribution in [0.3, 0.4) is 0 Å². The van der Waals surface area contributed by atoms with E-state index in [0.717, 1.165) is 18.9 Å². The maximum Gasteiger partial charge on any atom is 0.258 e. The fourth-order valence-electron chi connectivity index (χ4n) is 1.75. The summed E-state index contributed by atoms with van der Waals surface area (Å²) in [5, 5.41) is 7.13. The van der Waals surface area contributed by atoms with E-state index in [1.807, 2.05) is 0 Å². The van der Waals surface area contributed by atoms with Crippen molar-refractivity contribution in [3.05, 3.63) is 12.7 Å². The van der Waals surface area contributed by atoms with Gasteiger partial charge in [-0.1, -0.05) is 26.7 Å². The Hall–Kier alpha value is -2.25. The Morgan fingerprint density at radius 2 is 2.10 bits per heavy atom. The van der Waals surface area contributed by atoms with Crippen molar-refractivity contribution in [2.24, 2.45) is 5.92 Å². The molecule has 108 valence electrons. The Bertz CT molecular complexity index is 522. The van der Waals surface area contributed by atoms with Gasteiger partial charge >= 0.3 is 0 Å². The highest BCUT2D eigenvalue weighted by molar-refractivity contribution is 5.34. The Morgan fingerprint density at radius 3 is 2.80 bits per heavy atom. The van der Waals surface area contributed by atoms with E-state index in [2.05, 4.69) is 44.2 Å². The standard InChI is InChI=1S/C12H20N8/c1-9(2)5-3-4-6-15-11-17-10(13)18-12(19-11)20-8-14-7-16-20/h7-9H,3-6H2,1-2H3,(H3,13,15,17,18,19). The molecule has 3 N–H and O–H groups in total. The van der Waals surface area contributed by atoms with Crippen molar-refractivity contribution in [3.63, 3.8) is 0 Å². The zero-order valence-corrected chi connectivity index (χ0v) is 11.8. The third-order valence-electron chi connectivity index (χ3n) is 2.76. The van der Waals surface area contributed by atoms with E-state index in [0.29, 0.717) is 11.9 Å². The lowest BCUT2D eigenvalue weighted by atomic mass is 10.1. The van der Waals surface area contributed by atoms with Crippen molar-refractivity contribution in [2.45, 2.75) is 33.1 Å². The Kier molecular flexibility index (Phi) is 4.80. The Morgan fingerprint density at radius 1 is 1.25 bits per heavy atom. The van der Waals surface area contributed by atoms with Crippen LogP contribution in [-0.4, -0.2) is 36.3 Å². The fraction of sp³-hybridized carbons (Fsp3) is 0.583. The van der Waals surface area contributed by atoms with Gasteiger partial charge in [-0.05, 0) is 12.3 Å². The second kappa shape index (κ2) is 6.78. The lowest BCUT2D eigenvalue weighted by molar-refractivity contribution is 0.544. The van der Waals surface area contributed by atoms with Crippen LogP contribution in [0, 0.1) is 5.92 Å². The molecule has 2 heterocycles. The van der Waals surface area contributed by atoms with Gasteiger partial charge in [0.05, 0.1) is 0 Å². The molecule has 0 spiro atoms. The molecule has 0 aliphatic carbocycles. The van der Waals surface area contributed by atoms with Crippen molar-refractivity contribution in [2.75, 3.05) is 17.6 Å². The van der Waals surface area contributed by atoms with Gasteiger partial charge in [-0.2, -0.15) is 24.7 Å². The van der Waals surface area contributed by atoms with E-state index in [4.69, 9.17) is 5.73 Å². The molecule has 0 fully saturated rings. The van der Waals surface area contributed by atoms with Gasteiger partial charge in [-0.25, -0.2) is 4.98 Å². The Balaban J connectivity index is 1.92. The number of nitrogen functional groups attached to an aromatic ring is 1. The number of unbranched alkanes of at least 4 members (excludes halogenated alkanes) is 1. The van der Waals surface area contributed by atoms with E-state index < -0.39 is 0 Å². The van der Waals surface area contributed by atoms with Crippen LogP contribution in [-0.2, 0) is 0 Å². The molecule has 0 aliphatic heterocycles. The van der Waals surface area contributed by atoms with Crippen LogP contribution >= 0.6 is 0 Å². The second-order valence-electron chi connectivity index (χ2n) is 4.97. The minimum absolute atomic E-state index is 0.162. The summed E-state index contributed by atoms with van der Waals surface area (Å²) in [4.78, 5) is 16.2. The smallest absolute Gasteiger partial charge is 0.258 e. The quantitative estimate of drug-likeness (QED) is 0.733. The molecule has 2 rings (SSSR count). The highest BCUT2D eigenvalue weighted by Crippen LogP contribution is 2.08. The molecular weight excluding hydrogens is 256 g/mol. The van der Waals surface area contributed by atoms with Crippen LogP contribution in [0.25, 0.3) is 5.95 Å². The Labute approximate surface area is 117 Å². The molecule has 20 heavy (non-hydrogen) atoms. The number of anilines is 2. The molecule has 0 aliphatic rings. The molecule has 8 heteroatoms. The zero-order chi connectivity index (χ0) is 14.4. The summed E-state index contributed by atoms with van der Waals surface area (Å²) in [6.07, 6.45) is 6.41. The number of aromatic nitrogens is 6. The molecule has 0 radical (unpaired) electrons. The first-order chi connectivity index (χ1) is 9.65. The van der Waals surface area contributed by atoms with Crippen LogP contribution in [0.4, 0.5) is 11.9 Å². The first kappa shape index (κ1) is 14.2. The molecular formula is C12H20N8. The summed E-state index contributed by atoms with van der Waals surface area (Å²) in [7, 11) is 0. The monoisotopic (exact) mass is 276 g/mol. The van der Waals surface area contributed by atoms with Crippen LogP contribution < -0.4 is 11.1 Å². The molecule has 2 aromatic heterocycles. The predicted octanol–water partition coefficient (Wildman–Crippen LogP) is 1.27. The fourth-order valence-corrected chi connectivity index (χ4v) is 1.75. The van der Waals surface area contributed by atoms with Crippen molar-refractivity contribution < 1.29 is 0 Å². The maximum atomic E-state index is 5.67. The van der Waals surface area contributed by atoms with E-state index in [1.165, 1.54) is 30.2 Å². The van der Waals surface area contributed by atoms with Crippen molar-refractivity contribution in [3.8, 4) is 5.95 Å². The van der Waals surface area contributed by atoms with Crippen LogP contribution in [0.15, 0.2) is 12.7 Å². The van der Waals surface area contributed by atoms with E-state index in [-0.39, 0.29) is 5.95 Å². The van der Waals surface area contributed by atoms with Gasteiger partial charge < -0.3 is 11.1 Å². The minimum Gasteiger partial charge on any atom is -0.368 e. The van der Waals surface area contributed by atoms with Gasteiger partial charge in [0, 0.05) is 6.54 Å².